The van der Waals surface area contributed by atoms with Gasteiger partial charge in [-0.2, -0.15) is 0 Å². The molecule has 35 heavy (non-hydrogen) atoms. The smallest absolute Gasteiger partial charge is 0.295 e. The predicted molar refractivity (Wildman–Crippen MR) is 127 cm³/mol. The van der Waals surface area contributed by atoms with Crippen molar-refractivity contribution in [2.75, 3.05) is 59.7 Å². The first-order valence-electron chi connectivity index (χ1n) is 11.7. The van der Waals surface area contributed by atoms with Gasteiger partial charge in [-0.05, 0) is 35.9 Å². The topological polar surface area (TPSA) is 97.8 Å². The summed E-state index contributed by atoms with van der Waals surface area (Å²) in [7, 11) is 1.56. The molecule has 2 fully saturated rings. The van der Waals surface area contributed by atoms with Crippen molar-refractivity contribution < 1.29 is 33.6 Å². The largest absolute Gasteiger partial charge is 0.507 e. The molecule has 0 bridgehead atoms. The molecule has 0 unspecified atom stereocenters. The van der Waals surface area contributed by atoms with Crippen molar-refractivity contribution in [1.82, 2.24) is 9.80 Å². The molecule has 184 valence electrons. The van der Waals surface area contributed by atoms with Gasteiger partial charge in [0.15, 0.2) is 11.5 Å². The minimum Gasteiger partial charge on any atom is -0.507 e. The third kappa shape index (κ3) is 4.56. The summed E-state index contributed by atoms with van der Waals surface area (Å²) >= 11 is 0. The highest BCUT2D eigenvalue weighted by molar-refractivity contribution is 6.46. The first-order valence-corrected chi connectivity index (χ1v) is 11.7. The third-order valence-corrected chi connectivity index (χ3v) is 6.53. The molecule has 2 aromatic rings. The highest BCUT2D eigenvalue weighted by atomic mass is 16.6. The molecule has 0 saturated carbocycles. The third-order valence-electron chi connectivity index (χ3n) is 6.53. The summed E-state index contributed by atoms with van der Waals surface area (Å²) in [4.78, 5) is 30.2. The quantitative estimate of drug-likeness (QED) is 0.382. The van der Waals surface area contributed by atoms with Crippen molar-refractivity contribution in [1.29, 1.82) is 0 Å². The fourth-order valence-electron chi connectivity index (χ4n) is 4.69. The van der Waals surface area contributed by atoms with Gasteiger partial charge in [-0.3, -0.25) is 14.5 Å². The molecule has 0 aliphatic carbocycles. The first kappa shape index (κ1) is 23.2. The highest BCUT2D eigenvalue weighted by Crippen LogP contribution is 2.41. The standard InChI is InChI=1S/C26H28N2O7/c1-32-19-4-2-3-17(15-19)23-22(24(29)18-5-6-20-21(16-18)35-14-13-34-20)25(30)26(31)28(23)8-7-27-9-11-33-12-10-27/h2-6,15-16,23,29H,7-14H2,1H3/t23-/m0/s1. The van der Waals surface area contributed by atoms with Gasteiger partial charge in [-0.15, -0.1) is 0 Å². The predicted octanol–water partition coefficient (Wildman–Crippen LogP) is 2.22. The van der Waals surface area contributed by atoms with E-state index in [0.717, 1.165) is 13.1 Å². The lowest BCUT2D eigenvalue weighted by molar-refractivity contribution is -0.140. The number of ketones is 1. The lowest BCUT2D eigenvalue weighted by Crippen LogP contribution is -2.42. The van der Waals surface area contributed by atoms with Gasteiger partial charge in [0.2, 0.25) is 0 Å². The molecular weight excluding hydrogens is 452 g/mol. The van der Waals surface area contributed by atoms with Gasteiger partial charge >= 0.3 is 0 Å². The van der Waals surface area contributed by atoms with E-state index in [2.05, 4.69) is 4.90 Å². The van der Waals surface area contributed by atoms with Gasteiger partial charge in [-0.25, -0.2) is 0 Å². The SMILES string of the molecule is COc1cccc([C@H]2C(=C(O)c3ccc4c(c3)OCCO4)C(=O)C(=O)N2CCN2CCOCC2)c1. The Hall–Kier alpha value is -3.56. The molecule has 2 saturated heterocycles. The number of aliphatic hydroxyl groups excluding tert-OH is 1. The van der Waals surface area contributed by atoms with Crippen LogP contribution in [0.5, 0.6) is 17.2 Å². The highest BCUT2D eigenvalue weighted by Gasteiger charge is 2.46. The average molecular weight is 481 g/mol. The first-order chi connectivity index (χ1) is 17.1. The van der Waals surface area contributed by atoms with E-state index in [4.69, 9.17) is 18.9 Å². The second-order valence-corrected chi connectivity index (χ2v) is 8.58. The van der Waals surface area contributed by atoms with Crippen molar-refractivity contribution in [2.24, 2.45) is 0 Å². The molecule has 1 amide bonds. The number of nitrogens with zero attached hydrogens (tertiary/aromatic N) is 2. The molecule has 9 nitrogen and oxygen atoms in total. The monoisotopic (exact) mass is 480 g/mol. The van der Waals surface area contributed by atoms with Gasteiger partial charge < -0.3 is 29.0 Å². The molecule has 3 heterocycles. The normalized spacial score (nSPS) is 21.9. The van der Waals surface area contributed by atoms with Crippen LogP contribution in [0.3, 0.4) is 0 Å². The molecule has 0 spiro atoms. The summed E-state index contributed by atoms with van der Waals surface area (Å²) in [5, 5.41) is 11.3. The van der Waals surface area contributed by atoms with Gasteiger partial charge in [0.05, 0.1) is 31.9 Å². The Morgan fingerprint density at radius 2 is 1.77 bits per heavy atom. The van der Waals surface area contributed by atoms with Crippen molar-refractivity contribution >= 4 is 17.4 Å². The lowest BCUT2D eigenvalue weighted by Gasteiger charge is -2.31. The number of ether oxygens (including phenoxy) is 4. The molecule has 0 radical (unpaired) electrons. The van der Waals surface area contributed by atoms with Crippen LogP contribution in [0.25, 0.3) is 5.76 Å². The van der Waals surface area contributed by atoms with E-state index >= 15 is 0 Å². The van der Waals surface area contributed by atoms with Crippen LogP contribution in [-0.2, 0) is 14.3 Å². The van der Waals surface area contributed by atoms with Crippen LogP contribution < -0.4 is 14.2 Å². The van der Waals surface area contributed by atoms with E-state index in [1.807, 2.05) is 6.07 Å². The van der Waals surface area contributed by atoms with E-state index in [9.17, 15) is 14.7 Å². The number of methoxy groups -OCH3 is 1. The molecule has 3 aliphatic rings. The Labute approximate surface area is 203 Å². The zero-order valence-corrected chi connectivity index (χ0v) is 19.6. The zero-order chi connectivity index (χ0) is 24.4. The maximum absolute atomic E-state index is 13.3. The van der Waals surface area contributed by atoms with E-state index < -0.39 is 17.7 Å². The summed E-state index contributed by atoms with van der Waals surface area (Å²) < 4.78 is 22.0. The lowest BCUT2D eigenvalue weighted by atomic mass is 9.95. The number of fused-ring (bicyclic) bond motifs is 1. The summed E-state index contributed by atoms with van der Waals surface area (Å²) in [6, 6.07) is 11.5. The fourth-order valence-corrected chi connectivity index (χ4v) is 4.69. The van der Waals surface area contributed by atoms with Gasteiger partial charge in [-0.1, -0.05) is 12.1 Å². The maximum atomic E-state index is 13.3. The number of likely N-dealkylation sites (tertiary alicyclic amines) is 1. The maximum Gasteiger partial charge on any atom is 0.295 e. The van der Waals surface area contributed by atoms with E-state index in [0.29, 0.717) is 67.9 Å². The Morgan fingerprint density at radius 3 is 2.54 bits per heavy atom. The molecule has 9 heteroatoms. The molecular formula is C26H28N2O7. The van der Waals surface area contributed by atoms with Crippen LogP contribution in [0.2, 0.25) is 0 Å². The minimum absolute atomic E-state index is 0.0434. The number of hydrogen-bond acceptors (Lipinski definition) is 8. The zero-order valence-electron chi connectivity index (χ0n) is 19.6. The van der Waals surface area contributed by atoms with Crippen molar-refractivity contribution in [3.8, 4) is 17.2 Å². The summed E-state index contributed by atoms with van der Waals surface area (Å²) in [6.45, 7) is 4.60. The van der Waals surface area contributed by atoms with Crippen LogP contribution in [0.15, 0.2) is 48.0 Å². The molecule has 1 atom stereocenters. The van der Waals surface area contributed by atoms with Crippen LogP contribution in [0.1, 0.15) is 17.2 Å². The van der Waals surface area contributed by atoms with E-state index in [1.54, 1.807) is 43.5 Å². The Bertz CT molecular complexity index is 1160. The van der Waals surface area contributed by atoms with Crippen molar-refractivity contribution in [3.05, 3.63) is 59.2 Å². The van der Waals surface area contributed by atoms with Gasteiger partial charge in [0, 0.05) is 31.7 Å². The number of Topliss-reactive ketones (excluding diaryl/α,β-unsaturated/α-hetero) is 1. The number of carbonyl (C=O) groups excluding carboxylic acids is 2. The van der Waals surface area contributed by atoms with E-state index in [1.165, 1.54) is 4.90 Å². The van der Waals surface area contributed by atoms with Gasteiger partial charge in [0.1, 0.15) is 24.7 Å². The average Bonchev–Trinajstić information content (AvgIpc) is 3.16. The molecule has 3 aliphatic heterocycles. The summed E-state index contributed by atoms with van der Waals surface area (Å²) in [5.74, 6) is 0.0582. The summed E-state index contributed by atoms with van der Waals surface area (Å²) in [5.41, 5.74) is 1.11. The number of amides is 1. The Balaban J connectivity index is 1.54. The van der Waals surface area contributed by atoms with Gasteiger partial charge in [0.25, 0.3) is 11.7 Å². The van der Waals surface area contributed by atoms with Crippen molar-refractivity contribution in [2.45, 2.75) is 6.04 Å². The van der Waals surface area contributed by atoms with Crippen LogP contribution in [0, 0.1) is 0 Å². The number of rotatable bonds is 6. The Morgan fingerprint density at radius 1 is 1.00 bits per heavy atom. The van der Waals surface area contributed by atoms with E-state index in [-0.39, 0.29) is 11.3 Å². The number of morpholine rings is 1. The van der Waals surface area contributed by atoms with Crippen LogP contribution >= 0.6 is 0 Å². The number of carbonyl (C=O) groups is 2. The molecule has 5 rings (SSSR count). The molecule has 2 aromatic carbocycles. The number of benzene rings is 2. The second kappa shape index (κ2) is 9.97. The summed E-state index contributed by atoms with van der Waals surface area (Å²) in [6.07, 6.45) is 0. The second-order valence-electron chi connectivity index (χ2n) is 8.58. The molecule has 1 N–H and O–H groups in total. The van der Waals surface area contributed by atoms with Crippen LogP contribution in [0.4, 0.5) is 0 Å². The minimum atomic E-state index is -0.751. The fraction of sp³-hybridized carbons (Fsp3) is 0.385. The number of hydrogen-bond donors (Lipinski definition) is 1. The van der Waals surface area contributed by atoms with Crippen LogP contribution in [-0.4, -0.2) is 86.3 Å². The Kier molecular flexibility index (Phi) is 6.61. The van der Waals surface area contributed by atoms with Crippen molar-refractivity contribution in [3.63, 3.8) is 0 Å². The number of aliphatic hydroxyl groups is 1. The molecule has 0 aromatic heterocycles.